The molecule has 0 saturated carbocycles. The number of hydrogen-bond acceptors (Lipinski definition) is 3. The van der Waals surface area contributed by atoms with Crippen LogP contribution in [0.2, 0.25) is 0 Å². The highest BCUT2D eigenvalue weighted by Gasteiger charge is 2.08. The minimum atomic E-state index is 0.273. The molecule has 1 aromatic heterocycles. The topological polar surface area (TPSA) is 39.1 Å². The number of benzene rings is 1. The van der Waals surface area contributed by atoms with E-state index in [1.807, 2.05) is 30.1 Å². The molecule has 4 heteroatoms. The largest absolute Gasteiger partial charge is 0.497 e. The van der Waals surface area contributed by atoms with E-state index in [9.17, 15) is 0 Å². The number of rotatable bonds is 5. The van der Waals surface area contributed by atoms with Gasteiger partial charge < -0.3 is 10.1 Å². The molecule has 0 radical (unpaired) electrons. The lowest BCUT2D eigenvalue weighted by atomic mass is 10.1. The molecule has 0 aliphatic heterocycles. The summed E-state index contributed by atoms with van der Waals surface area (Å²) in [4.78, 5) is 0. The van der Waals surface area contributed by atoms with Gasteiger partial charge in [0.2, 0.25) is 0 Å². The van der Waals surface area contributed by atoms with Gasteiger partial charge in [-0.05, 0) is 31.5 Å². The van der Waals surface area contributed by atoms with E-state index in [1.165, 1.54) is 16.8 Å². The first-order valence-corrected chi connectivity index (χ1v) is 6.46. The second-order valence-electron chi connectivity index (χ2n) is 4.76. The molecule has 102 valence electrons. The zero-order chi connectivity index (χ0) is 13.8. The van der Waals surface area contributed by atoms with Crippen molar-refractivity contribution in [1.29, 1.82) is 0 Å². The van der Waals surface area contributed by atoms with Gasteiger partial charge in [0.15, 0.2) is 0 Å². The average Bonchev–Trinajstić information content (AvgIpc) is 2.76. The monoisotopic (exact) mass is 259 g/mol. The zero-order valence-electron chi connectivity index (χ0n) is 12.0. The van der Waals surface area contributed by atoms with E-state index in [0.717, 1.165) is 12.3 Å². The van der Waals surface area contributed by atoms with Crippen molar-refractivity contribution < 1.29 is 4.74 Å². The van der Waals surface area contributed by atoms with Gasteiger partial charge in [0.1, 0.15) is 5.75 Å². The van der Waals surface area contributed by atoms with Crippen LogP contribution < -0.4 is 10.1 Å². The maximum atomic E-state index is 5.25. The summed E-state index contributed by atoms with van der Waals surface area (Å²) in [6, 6.07) is 8.42. The summed E-state index contributed by atoms with van der Waals surface area (Å²) in [7, 11) is 3.65. The molecule has 0 spiro atoms. The number of hydrogen-bond donors (Lipinski definition) is 1. The molecule has 1 heterocycles. The third-order valence-corrected chi connectivity index (χ3v) is 3.53. The highest BCUT2D eigenvalue weighted by atomic mass is 16.5. The first-order valence-electron chi connectivity index (χ1n) is 6.46. The van der Waals surface area contributed by atoms with Crippen LogP contribution in [0.1, 0.15) is 29.8 Å². The van der Waals surface area contributed by atoms with Crippen LogP contribution >= 0.6 is 0 Å². The van der Waals surface area contributed by atoms with E-state index in [4.69, 9.17) is 4.74 Å². The van der Waals surface area contributed by atoms with Crippen LogP contribution in [0.5, 0.6) is 5.75 Å². The molecule has 19 heavy (non-hydrogen) atoms. The van der Waals surface area contributed by atoms with Crippen LogP contribution in [0, 0.1) is 6.92 Å². The van der Waals surface area contributed by atoms with Crippen LogP contribution in [-0.2, 0) is 13.6 Å². The molecule has 1 aromatic carbocycles. The molecule has 1 unspecified atom stereocenters. The molecule has 0 aliphatic rings. The highest BCUT2D eigenvalue weighted by molar-refractivity contribution is 5.30. The van der Waals surface area contributed by atoms with Gasteiger partial charge >= 0.3 is 0 Å². The molecule has 0 fully saturated rings. The smallest absolute Gasteiger partial charge is 0.119 e. The normalized spacial score (nSPS) is 12.4. The van der Waals surface area contributed by atoms with E-state index < -0.39 is 0 Å². The van der Waals surface area contributed by atoms with Crippen molar-refractivity contribution in [2.45, 2.75) is 26.4 Å². The van der Waals surface area contributed by atoms with Gasteiger partial charge in [-0.25, -0.2) is 0 Å². The van der Waals surface area contributed by atoms with E-state index in [1.54, 1.807) is 7.11 Å². The van der Waals surface area contributed by atoms with E-state index in [0.29, 0.717) is 0 Å². The lowest BCUT2D eigenvalue weighted by molar-refractivity contribution is 0.413. The summed E-state index contributed by atoms with van der Waals surface area (Å²) >= 11 is 0. The van der Waals surface area contributed by atoms with E-state index in [2.05, 4.69) is 36.4 Å². The Morgan fingerprint density at radius 3 is 2.84 bits per heavy atom. The lowest BCUT2D eigenvalue weighted by Gasteiger charge is -2.15. The summed E-state index contributed by atoms with van der Waals surface area (Å²) in [5.74, 6) is 0.892. The maximum absolute atomic E-state index is 5.25. The summed E-state index contributed by atoms with van der Waals surface area (Å²) in [5.41, 5.74) is 3.66. The molecule has 2 aromatic rings. The molecule has 0 amide bonds. The molecule has 0 aliphatic carbocycles. The van der Waals surface area contributed by atoms with Crippen LogP contribution in [0.25, 0.3) is 0 Å². The van der Waals surface area contributed by atoms with Crippen LogP contribution in [0.15, 0.2) is 30.5 Å². The summed E-state index contributed by atoms with van der Waals surface area (Å²) in [5, 5.41) is 7.76. The second kappa shape index (κ2) is 5.89. The minimum absolute atomic E-state index is 0.273. The van der Waals surface area contributed by atoms with Crippen molar-refractivity contribution in [2.75, 3.05) is 7.11 Å². The Balaban J connectivity index is 2.01. The highest BCUT2D eigenvalue weighted by Crippen LogP contribution is 2.19. The van der Waals surface area contributed by atoms with Gasteiger partial charge in [-0.2, -0.15) is 5.10 Å². The van der Waals surface area contributed by atoms with Crippen molar-refractivity contribution in [1.82, 2.24) is 15.1 Å². The molecule has 4 nitrogen and oxygen atoms in total. The standard InChI is InChI=1S/C15H21N3O/c1-11(13-6-5-7-15(8-13)19-4)16-9-14-10-17-18(3)12(14)2/h5-8,10-11,16H,9H2,1-4H3. The number of aromatic nitrogens is 2. The average molecular weight is 259 g/mol. The maximum Gasteiger partial charge on any atom is 0.119 e. The molecule has 1 N–H and O–H groups in total. The van der Waals surface area contributed by atoms with E-state index >= 15 is 0 Å². The van der Waals surface area contributed by atoms with Gasteiger partial charge in [0, 0.05) is 30.9 Å². The SMILES string of the molecule is COc1cccc(C(C)NCc2cnn(C)c2C)c1. The summed E-state index contributed by atoms with van der Waals surface area (Å²) in [6.07, 6.45) is 1.92. The minimum Gasteiger partial charge on any atom is -0.497 e. The number of methoxy groups -OCH3 is 1. The Morgan fingerprint density at radius 1 is 1.42 bits per heavy atom. The summed E-state index contributed by atoms with van der Waals surface area (Å²) in [6.45, 7) is 5.05. The van der Waals surface area contributed by atoms with Crippen LogP contribution in [0.4, 0.5) is 0 Å². The van der Waals surface area contributed by atoms with Crippen molar-refractivity contribution in [3.05, 3.63) is 47.3 Å². The number of ether oxygens (including phenoxy) is 1. The number of nitrogens with one attached hydrogen (secondary N) is 1. The molecule has 0 bridgehead atoms. The first kappa shape index (κ1) is 13.6. The fourth-order valence-electron chi connectivity index (χ4n) is 2.01. The number of nitrogens with zero attached hydrogens (tertiary/aromatic N) is 2. The van der Waals surface area contributed by atoms with Crippen molar-refractivity contribution in [3.8, 4) is 5.75 Å². The molecule has 2 rings (SSSR count). The van der Waals surface area contributed by atoms with Crippen molar-refractivity contribution in [2.24, 2.45) is 7.05 Å². The Hall–Kier alpha value is -1.81. The van der Waals surface area contributed by atoms with Crippen LogP contribution in [-0.4, -0.2) is 16.9 Å². The first-order chi connectivity index (χ1) is 9.11. The van der Waals surface area contributed by atoms with Gasteiger partial charge in [-0.3, -0.25) is 4.68 Å². The van der Waals surface area contributed by atoms with Gasteiger partial charge in [-0.1, -0.05) is 12.1 Å². The molecular formula is C15H21N3O. The van der Waals surface area contributed by atoms with Gasteiger partial charge in [0.25, 0.3) is 0 Å². The van der Waals surface area contributed by atoms with Gasteiger partial charge in [-0.15, -0.1) is 0 Å². The molecule has 0 saturated heterocycles. The van der Waals surface area contributed by atoms with Crippen molar-refractivity contribution >= 4 is 0 Å². The third kappa shape index (κ3) is 3.15. The fraction of sp³-hybridized carbons (Fsp3) is 0.400. The van der Waals surface area contributed by atoms with Crippen LogP contribution in [0.3, 0.4) is 0 Å². The third-order valence-electron chi connectivity index (χ3n) is 3.53. The van der Waals surface area contributed by atoms with Crippen molar-refractivity contribution in [3.63, 3.8) is 0 Å². The fourth-order valence-corrected chi connectivity index (χ4v) is 2.01. The molecule has 1 atom stereocenters. The zero-order valence-corrected chi connectivity index (χ0v) is 12.0. The Kier molecular flexibility index (Phi) is 4.22. The second-order valence-corrected chi connectivity index (χ2v) is 4.76. The quantitative estimate of drug-likeness (QED) is 0.897. The Bertz CT molecular complexity index is 548. The Labute approximate surface area is 114 Å². The van der Waals surface area contributed by atoms with E-state index in [-0.39, 0.29) is 6.04 Å². The van der Waals surface area contributed by atoms with Gasteiger partial charge in [0.05, 0.1) is 13.3 Å². The predicted octanol–water partition coefficient (Wildman–Crippen LogP) is 2.59. The number of aryl methyl sites for hydroxylation is 1. The lowest BCUT2D eigenvalue weighted by Crippen LogP contribution is -2.18. The summed E-state index contributed by atoms with van der Waals surface area (Å²) < 4.78 is 7.15. The predicted molar refractivity (Wildman–Crippen MR) is 76.2 cm³/mol. The Morgan fingerprint density at radius 2 is 2.21 bits per heavy atom. The molecular weight excluding hydrogens is 238 g/mol.